The van der Waals surface area contributed by atoms with Crippen molar-refractivity contribution in [1.29, 1.82) is 0 Å². The highest BCUT2D eigenvalue weighted by Crippen LogP contribution is 2.13. The van der Waals surface area contributed by atoms with Crippen molar-refractivity contribution in [1.82, 2.24) is 15.0 Å². The zero-order valence-corrected chi connectivity index (χ0v) is 13.7. The van der Waals surface area contributed by atoms with Crippen molar-refractivity contribution in [2.24, 2.45) is 5.92 Å². The Labute approximate surface area is 122 Å². The fourth-order valence-electron chi connectivity index (χ4n) is 1.91. The van der Waals surface area contributed by atoms with Crippen molar-refractivity contribution < 1.29 is 8.42 Å². The van der Waals surface area contributed by atoms with E-state index in [2.05, 4.69) is 28.9 Å². The minimum absolute atomic E-state index is 0.0467. The Bertz CT molecular complexity index is 494. The van der Waals surface area contributed by atoms with Gasteiger partial charge in [-0.1, -0.05) is 20.8 Å². The van der Waals surface area contributed by atoms with E-state index >= 15 is 0 Å². The zero-order chi connectivity index (χ0) is 15.2. The summed E-state index contributed by atoms with van der Waals surface area (Å²) >= 11 is 0. The molecule has 0 radical (unpaired) electrons. The summed E-state index contributed by atoms with van der Waals surface area (Å²) in [6.07, 6.45) is 3.41. The maximum Gasteiger partial charge on any atom is 0.242 e. The molecule has 3 N–H and O–H groups in total. The normalized spacial score (nSPS) is 13.8. The van der Waals surface area contributed by atoms with E-state index in [0.717, 1.165) is 25.1 Å². The maximum absolute atomic E-state index is 12.2. The van der Waals surface area contributed by atoms with Gasteiger partial charge in [-0.2, -0.15) is 0 Å². The van der Waals surface area contributed by atoms with Gasteiger partial charge in [-0.3, -0.25) is 0 Å². The van der Waals surface area contributed by atoms with Crippen LogP contribution in [-0.2, 0) is 16.6 Å². The number of rotatable bonds is 9. The maximum atomic E-state index is 12.2. The van der Waals surface area contributed by atoms with Gasteiger partial charge < -0.3 is 10.3 Å². The Morgan fingerprint density at radius 3 is 2.55 bits per heavy atom. The highest BCUT2D eigenvalue weighted by atomic mass is 32.2. The lowest BCUT2D eigenvalue weighted by atomic mass is 10.1. The van der Waals surface area contributed by atoms with Gasteiger partial charge in [0.2, 0.25) is 10.0 Å². The van der Waals surface area contributed by atoms with Crippen LogP contribution in [0.5, 0.6) is 0 Å². The summed E-state index contributed by atoms with van der Waals surface area (Å²) in [6.45, 7) is 9.70. The minimum atomic E-state index is -3.42. The lowest BCUT2D eigenvalue weighted by Crippen LogP contribution is -2.32. The number of aromatic nitrogens is 1. The summed E-state index contributed by atoms with van der Waals surface area (Å²) < 4.78 is 27.2. The van der Waals surface area contributed by atoms with Gasteiger partial charge in [-0.05, 0) is 38.3 Å². The molecule has 1 atom stereocenters. The third-order valence-electron chi connectivity index (χ3n) is 3.13. The molecule has 1 unspecified atom stereocenters. The van der Waals surface area contributed by atoms with E-state index in [1.165, 1.54) is 0 Å². The van der Waals surface area contributed by atoms with Gasteiger partial charge in [0.1, 0.15) is 0 Å². The first-order valence-corrected chi connectivity index (χ1v) is 8.73. The topological polar surface area (TPSA) is 74.0 Å². The lowest BCUT2D eigenvalue weighted by Gasteiger charge is -2.14. The van der Waals surface area contributed by atoms with Crippen molar-refractivity contribution in [3.63, 3.8) is 0 Å². The van der Waals surface area contributed by atoms with Crippen LogP contribution in [0, 0.1) is 5.92 Å². The van der Waals surface area contributed by atoms with E-state index in [1.807, 2.05) is 13.8 Å². The van der Waals surface area contributed by atoms with Crippen molar-refractivity contribution in [3.05, 3.63) is 18.0 Å². The van der Waals surface area contributed by atoms with Crippen LogP contribution in [0.3, 0.4) is 0 Å². The SMILES string of the molecule is CCNCc1cc(S(=O)(=O)NC(C)CCC(C)C)c[nH]1. The standard InChI is InChI=1S/C14H27N3O2S/c1-5-15-9-13-8-14(10-16-13)20(18,19)17-12(4)7-6-11(2)3/h8,10-12,15-17H,5-7,9H2,1-4H3. The monoisotopic (exact) mass is 301 g/mol. The van der Waals surface area contributed by atoms with E-state index in [0.29, 0.717) is 17.4 Å². The van der Waals surface area contributed by atoms with E-state index in [4.69, 9.17) is 0 Å². The van der Waals surface area contributed by atoms with Gasteiger partial charge in [0.05, 0.1) is 4.90 Å². The molecule has 0 saturated carbocycles. The van der Waals surface area contributed by atoms with Crippen LogP contribution in [0.25, 0.3) is 0 Å². The number of hydrogen-bond acceptors (Lipinski definition) is 3. The summed E-state index contributed by atoms with van der Waals surface area (Å²) in [5.74, 6) is 0.584. The first-order valence-electron chi connectivity index (χ1n) is 7.25. The molecule has 0 aliphatic heterocycles. The summed E-state index contributed by atoms with van der Waals surface area (Å²) in [5, 5.41) is 3.16. The molecule has 1 aromatic heterocycles. The van der Waals surface area contributed by atoms with Crippen LogP contribution < -0.4 is 10.0 Å². The quantitative estimate of drug-likeness (QED) is 0.655. The third-order valence-corrected chi connectivity index (χ3v) is 4.69. The number of sulfonamides is 1. The first-order chi connectivity index (χ1) is 9.35. The molecule has 0 amide bonds. The average Bonchev–Trinajstić information content (AvgIpc) is 2.83. The molecule has 6 heteroatoms. The molecule has 1 rings (SSSR count). The second-order valence-corrected chi connectivity index (χ2v) is 7.35. The fraction of sp³-hybridized carbons (Fsp3) is 0.714. The predicted molar refractivity (Wildman–Crippen MR) is 82.0 cm³/mol. The Morgan fingerprint density at radius 2 is 1.95 bits per heavy atom. The number of aromatic amines is 1. The second-order valence-electron chi connectivity index (χ2n) is 5.63. The first kappa shape index (κ1) is 17.2. The lowest BCUT2D eigenvalue weighted by molar-refractivity contribution is 0.485. The van der Waals surface area contributed by atoms with Gasteiger partial charge in [-0.25, -0.2) is 13.1 Å². The van der Waals surface area contributed by atoms with Gasteiger partial charge in [0, 0.05) is 24.5 Å². The summed E-state index contributed by atoms with van der Waals surface area (Å²) in [4.78, 5) is 3.30. The van der Waals surface area contributed by atoms with Crippen LogP contribution in [-0.4, -0.2) is 26.0 Å². The molecule has 1 aromatic rings. The van der Waals surface area contributed by atoms with Crippen LogP contribution in [0.15, 0.2) is 17.2 Å². The number of H-pyrrole nitrogens is 1. The van der Waals surface area contributed by atoms with Gasteiger partial charge in [0.25, 0.3) is 0 Å². The van der Waals surface area contributed by atoms with Crippen molar-refractivity contribution >= 4 is 10.0 Å². The molecular weight excluding hydrogens is 274 g/mol. The van der Waals surface area contributed by atoms with E-state index in [9.17, 15) is 8.42 Å². The molecular formula is C14H27N3O2S. The predicted octanol–water partition coefficient (Wildman–Crippen LogP) is 2.23. The highest BCUT2D eigenvalue weighted by Gasteiger charge is 2.18. The smallest absolute Gasteiger partial charge is 0.242 e. The van der Waals surface area contributed by atoms with E-state index < -0.39 is 10.0 Å². The molecule has 20 heavy (non-hydrogen) atoms. The molecule has 116 valence electrons. The largest absolute Gasteiger partial charge is 0.363 e. The summed E-state index contributed by atoms with van der Waals surface area (Å²) in [7, 11) is -3.42. The van der Waals surface area contributed by atoms with Gasteiger partial charge in [0.15, 0.2) is 0 Å². The van der Waals surface area contributed by atoms with Crippen LogP contribution in [0.2, 0.25) is 0 Å². The Kier molecular flexibility index (Phi) is 6.71. The van der Waals surface area contributed by atoms with Gasteiger partial charge >= 0.3 is 0 Å². The second kappa shape index (κ2) is 7.81. The number of nitrogens with one attached hydrogen (secondary N) is 3. The van der Waals surface area contributed by atoms with Crippen LogP contribution in [0.1, 0.15) is 46.2 Å². The molecule has 1 heterocycles. The van der Waals surface area contributed by atoms with Crippen molar-refractivity contribution in [3.8, 4) is 0 Å². The molecule has 0 fully saturated rings. The van der Waals surface area contributed by atoms with Crippen LogP contribution >= 0.6 is 0 Å². The minimum Gasteiger partial charge on any atom is -0.363 e. The number of hydrogen-bond donors (Lipinski definition) is 3. The highest BCUT2D eigenvalue weighted by molar-refractivity contribution is 7.89. The molecule has 5 nitrogen and oxygen atoms in total. The van der Waals surface area contributed by atoms with Crippen molar-refractivity contribution in [2.75, 3.05) is 6.54 Å². The summed E-state index contributed by atoms with van der Waals surface area (Å²) in [6, 6.07) is 1.63. The van der Waals surface area contributed by atoms with Gasteiger partial charge in [-0.15, -0.1) is 0 Å². The Balaban J connectivity index is 2.61. The summed E-state index contributed by atoms with van der Waals surface area (Å²) in [5.41, 5.74) is 0.877. The average molecular weight is 301 g/mol. The molecule has 0 aliphatic carbocycles. The molecule has 0 bridgehead atoms. The molecule has 0 aliphatic rings. The van der Waals surface area contributed by atoms with E-state index in [1.54, 1.807) is 12.3 Å². The van der Waals surface area contributed by atoms with E-state index in [-0.39, 0.29) is 6.04 Å². The third kappa shape index (κ3) is 5.64. The molecule has 0 aromatic carbocycles. The van der Waals surface area contributed by atoms with Crippen LogP contribution in [0.4, 0.5) is 0 Å². The molecule has 0 spiro atoms. The molecule has 0 saturated heterocycles. The fourth-order valence-corrected chi connectivity index (χ4v) is 3.21. The zero-order valence-electron chi connectivity index (χ0n) is 12.9. The Hall–Kier alpha value is -0.850. The Morgan fingerprint density at radius 1 is 1.25 bits per heavy atom. The van der Waals surface area contributed by atoms with Crippen molar-refractivity contribution in [2.45, 2.75) is 58.0 Å².